The average molecular weight is 287 g/mol. The molecule has 1 fully saturated rings. The van der Waals surface area contributed by atoms with Gasteiger partial charge >= 0.3 is 0 Å². The van der Waals surface area contributed by atoms with Crippen LogP contribution in [0.2, 0.25) is 0 Å². The Morgan fingerprint density at radius 2 is 1.86 bits per heavy atom. The number of aryl methyl sites for hydroxylation is 1. The van der Waals surface area contributed by atoms with Crippen LogP contribution in [0.4, 0.5) is 0 Å². The average Bonchev–Trinajstić information content (AvgIpc) is 2.81. The van der Waals surface area contributed by atoms with Gasteiger partial charge in [0.15, 0.2) is 0 Å². The van der Waals surface area contributed by atoms with E-state index < -0.39 is 0 Å². The zero-order chi connectivity index (χ0) is 15.0. The molecule has 0 aromatic heterocycles. The van der Waals surface area contributed by atoms with E-state index in [4.69, 9.17) is 0 Å². The first kappa shape index (κ1) is 14.9. The lowest BCUT2D eigenvalue weighted by Crippen LogP contribution is -2.36. The van der Waals surface area contributed by atoms with Gasteiger partial charge in [-0.15, -0.1) is 0 Å². The van der Waals surface area contributed by atoms with Gasteiger partial charge in [0.05, 0.1) is 0 Å². The first-order chi connectivity index (χ1) is 10.1. The monoisotopic (exact) mass is 287 g/mol. The number of phenols is 1. The Balaban J connectivity index is 1.78. The third kappa shape index (κ3) is 2.83. The van der Waals surface area contributed by atoms with Gasteiger partial charge < -0.3 is 10.4 Å². The van der Waals surface area contributed by atoms with Gasteiger partial charge in [-0.2, -0.15) is 0 Å². The summed E-state index contributed by atoms with van der Waals surface area (Å²) in [7, 11) is 0. The summed E-state index contributed by atoms with van der Waals surface area (Å²) in [5.74, 6) is 1.83. The Hall–Kier alpha value is -1.02. The molecule has 0 amide bonds. The van der Waals surface area contributed by atoms with Gasteiger partial charge in [-0.3, -0.25) is 0 Å². The van der Waals surface area contributed by atoms with Gasteiger partial charge in [-0.25, -0.2) is 0 Å². The molecule has 3 atom stereocenters. The minimum atomic E-state index is 0.326. The lowest BCUT2D eigenvalue weighted by Gasteiger charge is -2.31. The van der Waals surface area contributed by atoms with Crippen molar-refractivity contribution in [3.8, 4) is 5.75 Å². The minimum absolute atomic E-state index is 0.326. The largest absolute Gasteiger partial charge is 0.508 e. The summed E-state index contributed by atoms with van der Waals surface area (Å²) in [6, 6.07) is 4.80. The van der Waals surface area contributed by atoms with Crippen LogP contribution in [0.5, 0.6) is 5.75 Å². The Labute approximate surface area is 129 Å². The molecular weight excluding hydrogens is 258 g/mol. The molecule has 0 radical (unpaired) electrons. The Bertz CT molecular complexity index is 505. The van der Waals surface area contributed by atoms with Crippen molar-refractivity contribution in [2.45, 2.75) is 77.3 Å². The molecule has 2 nitrogen and oxygen atoms in total. The molecule has 0 heterocycles. The summed E-state index contributed by atoms with van der Waals surface area (Å²) >= 11 is 0. The van der Waals surface area contributed by atoms with E-state index in [9.17, 15) is 5.11 Å². The highest BCUT2D eigenvalue weighted by molar-refractivity contribution is 5.50. The van der Waals surface area contributed by atoms with Crippen LogP contribution in [-0.2, 0) is 0 Å². The van der Waals surface area contributed by atoms with Crippen LogP contribution >= 0.6 is 0 Å². The first-order valence-corrected chi connectivity index (χ1v) is 8.66. The van der Waals surface area contributed by atoms with Crippen molar-refractivity contribution >= 4 is 0 Å². The van der Waals surface area contributed by atoms with Gasteiger partial charge in [0.2, 0.25) is 0 Å². The van der Waals surface area contributed by atoms with Crippen LogP contribution in [-0.4, -0.2) is 11.1 Å². The second-order valence-corrected chi connectivity index (χ2v) is 7.27. The van der Waals surface area contributed by atoms with Crippen LogP contribution in [0, 0.1) is 12.8 Å². The molecule has 0 saturated heterocycles. The fourth-order valence-electron chi connectivity index (χ4n) is 4.58. The maximum atomic E-state index is 10.3. The molecule has 21 heavy (non-hydrogen) atoms. The normalized spacial score (nSPS) is 27.6. The molecule has 2 heteroatoms. The zero-order valence-electron chi connectivity index (χ0n) is 13.7. The highest BCUT2D eigenvalue weighted by Gasteiger charge is 2.34. The van der Waals surface area contributed by atoms with Crippen molar-refractivity contribution in [2.75, 3.05) is 0 Å². The molecule has 3 rings (SSSR count). The lowest BCUT2D eigenvalue weighted by atomic mass is 9.84. The molecule has 1 aromatic rings. The van der Waals surface area contributed by atoms with E-state index >= 15 is 0 Å². The summed E-state index contributed by atoms with van der Waals surface area (Å²) < 4.78 is 0. The molecule has 2 unspecified atom stereocenters. The van der Waals surface area contributed by atoms with Crippen LogP contribution in [0.25, 0.3) is 0 Å². The van der Waals surface area contributed by atoms with Gasteiger partial charge in [-0.05, 0) is 62.1 Å². The zero-order valence-corrected chi connectivity index (χ0v) is 13.7. The van der Waals surface area contributed by atoms with E-state index in [0.717, 1.165) is 12.3 Å². The molecule has 1 saturated carbocycles. The molecule has 2 aliphatic rings. The van der Waals surface area contributed by atoms with Crippen LogP contribution in [0.3, 0.4) is 0 Å². The lowest BCUT2D eigenvalue weighted by molar-refractivity contribution is 0.261. The number of hydrogen-bond donors (Lipinski definition) is 2. The Morgan fingerprint density at radius 1 is 1.14 bits per heavy atom. The van der Waals surface area contributed by atoms with E-state index in [1.807, 2.05) is 6.07 Å². The SMILES string of the molecule is Cc1ccc(O)c2c1C(C)CC2N[C@H](C)C1CCCCC1. The van der Waals surface area contributed by atoms with E-state index in [-0.39, 0.29) is 0 Å². The molecule has 2 aliphatic carbocycles. The maximum Gasteiger partial charge on any atom is 0.120 e. The van der Waals surface area contributed by atoms with Crippen molar-refractivity contribution < 1.29 is 5.11 Å². The van der Waals surface area contributed by atoms with Crippen LogP contribution in [0.15, 0.2) is 12.1 Å². The van der Waals surface area contributed by atoms with Crippen LogP contribution < -0.4 is 5.32 Å². The van der Waals surface area contributed by atoms with E-state index in [1.54, 1.807) is 0 Å². The third-order valence-electron chi connectivity index (χ3n) is 5.73. The Morgan fingerprint density at radius 3 is 2.57 bits per heavy atom. The van der Waals surface area contributed by atoms with Gasteiger partial charge in [-0.1, -0.05) is 32.3 Å². The summed E-state index contributed by atoms with van der Waals surface area (Å²) in [5.41, 5.74) is 3.87. The fourth-order valence-corrected chi connectivity index (χ4v) is 4.58. The summed E-state index contributed by atoms with van der Waals surface area (Å²) in [4.78, 5) is 0. The minimum Gasteiger partial charge on any atom is -0.508 e. The fraction of sp³-hybridized carbons (Fsp3) is 0.684. The van der Waals surface area contributed by atoms with Crippen molar-refractivity contribution in [1.82, 2.24) is 5.32 Å². The molecule has 0 bridgehead atoms. The number of rotatable bonds is 3. The topological polar surface area (TPSA) is 32.3 Å². The molecule has 0 spiro atoms. The molecular formula is C19H29NO. The van der Waals surface area contributed by atoms with Crippen molar-refractivity contribution in [3.63, 3.8) is 0 Å². The van der Waals surface area contributed by atoms with Crippen molar-refractivity contribution in [3.05, 3.63) is 28.8 Å². The highest BCUT2D eigenvalue weighted by atomic mass is 16.3. The second kappa shape index (κ2) is 6.00. The number of benzene rings is 1. The number of fused-ring (bicyclic) bond motifs is 1. The van der Waals surface area contributed by atoms with Gasteiger partial charge in [0.25, 0.3) is 0 Å². The van der Waals surface area contributed by atoms with Crippen LogP contribution in [0.1, 0.15) is 81.0 Å². The number of phenolic OH excluding ortho intramolecular Hbond substituents is 1. The molecule has 2 N–H and O–H groups in total. The Kier molecular flexibility index (Phi) is 4.26. The van der Waals surface area contributed by atoms with E-state index in [2.05, 4.69) is 32.2 Å². The summed E-state index contributed by atoms with van der Waals surface area (Å²) in [6.07, 6.45) is 8.03. The van der Waals surface area contributed by atoms with Crippen molar-refractivity contribution in [1.29, 1.82) is 0 Å². The smallest absolute Gasteiger partial charge is 0.120 e. The predicted octanol–water partition coefficient (Wildman–Crippen LogP) is 4.81. The quantitative estimate of drug-likeness (QED) is 0.836. The number of nitrogens with one attached hydrogen (secondary N) is 1. The second-order valence-electron chi connectivity index (χ2n) is 7.27. The standard InChI is InChI=1S/C19H29NO/c1-12-9-10-17(21)19-16(11-13(2)18(12)19)20-14(3)15-7-5-4-6-8-15/h9-10,13-16,20-21H,4-8,11H2,1-3H3/t13?,14-,16?/m1/s1. The first-order valence-electron chi connectivity index (χ1n) is 8.66. The van der Waals surface area contributed by atoms with E-state index in [0.29, 0.717) is 23.8 Å². The summed E-state index contributed by atoms with van der Waals surface area (Å²) in [5, 5.41) is 14.2. The van der Waals surface area contributed by atoms with Gasteiger partial charge in [0.1, 0.15) is 5.75 Å². The molecule has 116 valence electrons. The number of hydrogen-bond acceptors (Lipinski definition) is 2. The summed E-state index contributed by atoms with van der Waals surface area (Å²) in [6.45, 7) is 6.80. The third-order valence-corrected chi connectivity index (χ3v) is 5.73. The predicted molar refractivity (Wildman–Crippen MR) is 87.8 cm³/mol. The maximum absolute atomic E-state index is 10.3. The molecule has 0 aliphatic heterocycles. The number of aromatic hydroxyl groups is 1. The highest BCUT2D eigenvalue weighted by Crippen LogP contribution is 2.46. The van der Waals surface area contributed by atoms with Crippen molar-refractivity contribution in [2.24, 2.45) is 5.92 Å². The molecule has 1 aromatic carbocycles. The van der Waals surface area contributed by atoms with E-state index in [1.165, 1.54) is 48.8 Å². The van der Waals surface area contributed by atoms with Gasteiger partial charge in [0, 0.05) is 17.6 Å².